The van der Waals surface area contributed by atoms with E-state index in [1.54, 1.807) is 36.4 Å². The van der Waals surface area contributed by atoms with E-state index in [4.69, 9.17) is 4.74 Å². The minimum Gasteiger partial charge on any atom is -0.503 e. The Bertz CT molecular complexity index is 1330. The number of hydrogen-bond acceptors (Lipinski definition) is 5. The SMILES string of the molecule is COc1ccccc1[C@H]1C(C(=O)/C=C/c2ccccc2)=C(O)C(=O)N1c1cccc(C(=O)O)c1. The molecule has 1 aliphatic rings. The van der Waals surface area contributed by atoms with Crippen LogP contribution in [0.25, 0.3) is 6.08 Å². The number of carbonyl (C=O) groups is 3. The Morgan fingerprint density at radius 2 is 1.68 bits per heavy atom. The van der Waals surface area contributed by atoms with Gasteiger partial charge in [0.05, 0.1) is 24.3 Å². The van der Waals surface area contributed by atoms with Gasteiger partial charge in [-0.25, -0.2) is 4.79 Å². The molecule has 0 bridgehead atoms. The second kappa shape index (κ2) is 9.46. The van der Waals surface area contributed by atoms with E-state index >= 15 is 0 Å². The van der Waals surface area contributed by atoms with Crippen LogP contribution in [0, 0.1) is 0 Å². The number of ketones is 1. The number of benzene rings is 3. The van der Waals surface area contributed by atoms with Crippen molar-refractivity contribution in [2.45, 2.75) is 6.04 Å². The minimum atomic E-state index is -1.17. The molecule has 0 saturated heterocycles. The van der Waals surface area contributed by atoms with Crippen molar-refractivity contribution in [3.63, 3.8) is 0 Å². The zero-order valence-electron chi connectivity index (χ0n) is 18.2. The Balaban J connectivity index is 1.85. The molecule has 7 heteroatoms. The van der Waals surface area contributed by atoms with Crippen molar-refractivity contribution in [3.8, 4) is 5.75 Å². The molecular weight excluding hydrogens is 434 g/mol. The van der Waals surface area contributed by atoms with Crippen LogP contribution < -0.4 is 9.64 Å². The van der Waals surface area contributed by atoms with E-state index in [1.165, 1.54) is 36.3 Å². The summed E-state index contributed by atoms with van der Waals surface area (Å²) in [6, 6.07) is 20.7. The summed E-state index contributed by atoms with van der Waals surface area (Å²) in [5.41, 5.74) is 1.32. The number of amides is 1. The number of aliphatic hydroxyl groups is 1. The van der Waals surface area contributed by atoms with E-state index in [1.807, 2.05) is 30.3 Å². The average Bonchev–Trinajstić information content (AvgIpc) is 3.13. The molecule has 0 saturated carbocycles. The third kappa shape index (κ3) is 4.19. The van der Waals surface area contributed by atoms with E-state index < -0.39 is 29.5 Å². The molecule has 4 rings (SSSR count). The van der Waals surface area contributed by atoms with Gasteiger partial charge >= 0.3 is 5.97 Å². The summed E-state index contributed by atoms with van der Waals surface area (Å²) in [5, 5.41) is 20.2. The molecule has 0 radical (unpaired) electrons. The highest BCUT2D eigenvalue weighted by Gasteiger charge is 2.45. The number of aromatic carboxylic acids is 1. The van der Waals surface area contributed by atoms with Crippen molar-refractivity contribution in [1.29, 1.82) is 0 Å². The molecular formula is C27H21NO6. The highest BCUT2D eigenvalue weighted by Crippen LogP contribution is 2.44. The lowest BCUT2D eigenvalue weighted by Gasteiger charge is -2.28. The van der Waals surface area contributed by atoms with Crippen LogP contribution in [0.5, 0.6) is 5.75 Å². The maximum absolute atomic E-state index is 13.3. The van der Waals surface area contributed by atoms with Gasteiger partial charge in [-0.3, -0.25) is 14.5 Å². The fourth-order valence-corrected chi connectivity index (χ4v) is 3.92. The number of aliphatic hydroxyl groups excluding tert-OH is 1. The molecule has 3 aromatic carbocycles. The van der Waals surface area contributed by atoms with Crippen LogP contribution in [0.4, 0.5) is 5.69 Å². The van der Waals surface area contributed by atoms with Gasteiger partial charge in [-0.05, 0) is 35.9 Å². The van der Waals surface area contributed by atoms with Crippen molar-refractivity contribution < 1.29 is 29.3 Å². The first-order valence-corrected chi connectivity index (χ1v) is 10.4. The van der Waals surface area contributed by atoms with Crippen LogP contribution in [0.3, 0.4) is 0 Å². The lowest BCUT2D eigenvalue weighted by atomic mass is 9.94. The monoisotopic (exact) mass is 455 g/mol. The van der Waals surface area contributed by atoms with E-state index in [-0.39, 0.29) is 16.8 Å². The van der Waals surface area contributed by atoms with Gasteiger partial charge in [0, 0.05) is 11.3 Å². The first-order valence-electron chi connectivity index (χ1n) is 10.4. The molecule has 1 heterocycles. The average molecular weight is 455 g/mol. The summed E-state index contributed by atoms with van der Waals surface area (Å²) >= 11 is 0. The summed E-state index contributed by atoms with van der Waals surface area (Å²) in [6.07, 6.45) is 2.90. The zero-order chi connectivity index (χ0) is 24.2. The highest BCUT2D eigenvalue weighted by molar-refractivity contribution is 6.20. The smallest absolute Gasteiger partial charge is 0.335 e. The van der Waals surface area contributed by atoms with Crippen LogP contribution in [0.15, 0.2) is 96.3 Å². The number of allylic oxidation sites excluding steroid dienone is 1. The number of rotatable bonds is 7. The Labute approximate surface area is 195 Å². The van der Waals surface area contributed by atoms with Gasteiger partial charge in [0.2, 0.25) is 0 Å². The third-order valence-electron chi connectivity index (χ3n) is 5.51. The van der Waals surface area contributed by atoms with Crippen LogP contribution in [-0.4, -0.2) is 35.0 Å². The molecule has 0 aliphatic carbocycles. The van der Waals surface area contributed by atoms with Crippen molar-refractivity contribution >= 4 is 29.4 Å². The van der Waals surface area contributed by atoms with Crippen LogP contribution >= 0.6 is 0 Å². The van der Waals surface area contributed by atoms with E-state index in [9.17, 15) is 24.6 Å². The summed E-state index contributed by atoms with van der Waals surface area (Å²) in [4.78, 5) is 39.2. The maximum Gasteiger partial charge on any atom is 0.335 e. The number of carboxylic acids is 1. The highest BCUT2D eigenvalue weighted by atomic mass is 16.5. The summed E-state index contributed by atoms with van der Waals surface area (Å²) in [6.45, 7) is 0. The summed E-state index contributed by atoms with van der Waals surface area (Å²) in [7, 11) is 1.46. The van der Waals surface area contributed by atoms with Gasteiger partial charge in [0.15, 0.2) is 11.5 Å². The van der Waals surface area contributed by atoms with Crippen molar-refractivity contribution in [2.24, 2.45) is 0 Å². The van der Waals surface area contributed by atoms with E-state index in [0.717, 1.165) is 5.56 Å². The minimum absolute atomic E-state index is 0.0349. The molecule has 1 aliphatic heterocycles. The summed E-state index contributed by atoms with van der Waals surface area (Å²) < 4.78 is 5.47. The lowest BCUT2D eigenvalue weighted by molar-refractivity contribution is -0.117. The van der Waals surface area contributed by atoms with E-state index in [2.05, 4.69) is 0 Å². The van der Waals surface area contributed by atoms with Gasteiger partial charge in [0.1, 0.15) is 5.75 Å². The second-order valence-corrected chi connectivity index (χ2v) is 7.55. The Morgan fingerprint density at radius 3 is 2.38 bits per heavy atom. The lowest BCUT2D eigenvalue weighted by Crippen LogP contribution is -2.31. The number of para-hydroxylation sites is 1. The second-order valence-electron chi connectivity index (χ2n) is 7.55. The molecule has 0 spiro atoms. The largest absolute Gasteiger partial charge is 0.503 e. The number of anilines is 1. The molecule has 34 heavy (non-hydrogen) atoms. The fourth-order valence-electron chi connectivity index (χ4n) is 3.92. The maximum atomic E-state index is 13.3. The van der Waals surface area contributed by atoms with Gasteiger partial charge < -0.3 is 14.9 Å². The molecule has 0 aromatic heterocycles. The quantitative estimate of drug-likeness (QED) is 0.506. The number of ether oxygens (including phenoxy) is 1. The van der Waals surface area contributed by atoms with Gasteiger partial charge in [-0.15, -0.1) is 0 Å². The Morgan fingerprint density at radius 1 is 0.971 bits per heavy atom. The normalized spacial score (nSPS) is 15.7. The number of carboxylic acid groups (broad SMARTS) is 1. The van der Waals surface area contributed by atoms with Crippen molar-refractivity contribution in [2.75, 3.05) is 12.0 Å². The fraction of sp³-hybridized carbons (Fsp3) is 0.0741. The molecule has 0 unspecified atom stereocenters. The predicted molar refractivity (Wildman–Crippen MR) is 127 cm³/mol. The number of hydrogen-bond donors (Lipinski definition) is 2. The standard InChI is InChI=1S/C27H21NO6/c1-34-22-13-6-5-12-20(22)24-23(21(29)15-14-17-8-3-2-4-9-17)25(30)26(31)28(24)19-11-7-10-18(16-19)27(32)33/h2-16,24,30H,1H3,(H,32,33)/b15-14+/t24-/m0/s1. The summed E-state index contributed by atoms with van der Waals surface area (Å²) in [5.74, 6) is -2.81. The zero-order valence-corrected chi connectivity index (χ0v) is 18.2. The molecule has 2 N–H and O–H groups in total. The number of nitrogens with zero attached hydrogens (tertiary/aromatic N) is 1. The molecule has 7 nitrogen and oxygen atoms in total. The predicted octanol–water partition coefficient (Wildman–Crippen LogP) is 4.58. The molecule has 3 aromatic rings. The Kier molecular flexibility index (Phi) is 6.27. The topological polar surface area (TPSA) is 104 Å². The van der Waals surface area contributed by atoms with Gasteiger partial charge in [-0.2, -0.15) is 0 Å². The molecule has 1 atom stereocenters. The van der Waals surface area contributed by atoms with Crippen molar-refractivity contribution in [1.82, 2.24) is 0 Å². The van der Waals surface area contributed by atoms with Crippen molar-refractivity contribution in [3.05, 3.63) is 113 Å². The molecule has 0 fully saturated rings. The molecule has 170 valence electrons. The van der Waals surface area contributed by atoms with Crippen LogP contribution in [0.1, 0.15) is 27.5 Å². The third-order valence-corrected chi connectivity index (χ3v) is 5.51. The first-order chi connectivity index (χ1) is 16.4. The van der Waals surface area contributed by atoms with Crippen LogP contribution in [0.2, 0.25) is 0 Å². The number of carbonyl (C=O) groups excluding carboxylic acids is 2. The van der Waals surface area contributed by atoms with Gasteiger partial charge in [-0.1, -0.05) is 60.7 Å². The Hall–Kier alpha value is -4.65. The van der Waals surface area contributed by atoms with Gasteiger partial charge in [0.25, 0.3) is 5.91 Å². The first kappa shape index (κ1) is 22.5. The number of methoxy groups -OCH3 is 1. The van der Waals surface area contributed by atoms with Crippen LogP contribution in [-0.2, 0) is 9.59 Å². The van der Waals surface area contributed by atoms with E-state index in [0.29, 0.717) is 11.3 Å². The molecule has 1 amide bonds.